The van der Waals surface area contributed by atoms with E-state index in [-0.39, 0.29) is 27.8 Å². The molecule has 1 aromatic carbocycles. The zero-order chi connectivity index (χ0) is 21.1. The second-order valence-corrected chi connectivity index (χ2v) is 8.02. The van der Waals surface area contributed by atoms with Crippen molar-refractivity contribution in [1.29, 1.82) is 0 Å². The number of carbonyl (C=O) groups is 2. The van der Waals surface area contributed by atoms with E-state index in [1.165, 1.54) is 12.3 Å². The summed E-state index contributed by atoms with van der Waals surface area (Å²) in [5, 5.41) is 8.96. The van der Waals surface area contributed by atoms with Gasteiger partial charge in [-0.25, -0.2) is 9.37 Å². The molecule has 1 fully saturated rings. The van der Waals surface area contributed by atoms with Gasteiger partial charge in [0, 0.05) is 30.5 Å². The van der Waals surface area contributed by atoms with E-state index >= 15 is 0 Å². The summed E-state index contributed by atoms with van der Waals surface area (Å²) in [6.45, 7) is 4.63. The first kappa shape index (κ1) is 21.5. The van der Waals surface area contributed by atoms with E-state index in [0.717, 1.165) is 5.56 Å². The molecule has 0 saturated heterocycles. The number of aromatic nitrogens is 1. The zero-order valence-electron chi connectivity index (χ0n) is 15.9. The molecule has 3 N–H and O–H groups in total. The van der Waals surface area contributed by atoms with Gasteiger partial charge in [0.25, 0.3) is 5.91 Å². The molecule has 6 nitrogen and oxygen atoms in total. The lowest BCUT2D eigenvalue weighted by Crippen LogP contribution is -2.22. The van der Waals surface area contributed by atoms with Crippen LogP contribution < -0.4 is 16.0 Å². The SMILES string of the molecule is CC(C)NCc1cc(Cl)c(C(=O)Nc2ccnc(NC(=O)[C@H]3C[C@H]3F)c2)c(Cl)c1. The first-order valence-corrected chi connectivity index (χ1v) is 9.94. The number of rotatable bonds is 7. The van der Waals surface area contributed by atoms with Crippen LogP contribution in [-0.2, 0) is 11.3 Å². The van der Waals surface area contributed by atoms with E-state index in [9.17, 15) is 14.0 Å². The summed E-state index contributed by atoms with van der Waals surface area (Å²) in [5.74, 6) is -1.32. The topological polar surface area (TPSA) is 83.1 Å². The lowest BCUT2D eigenvalue weighted by molar-refractivity contribution is -0.117. The number of carbonyl (C=O) groups excluding carboxylic acids is 2. The van der Waals surface area contributed by atoms with Crippen molar-refractivity contribution in [2.75, 3.05) is 10.6 Å². The number of benzene rings is 1. The fraction of sp³-hybridized carbons (Fsp3) is 0.350. The van der Waals surface area contributed by atoms with Gasteiger partial charge in [-0.15, -0.1) is 0 Å². The van der Waals surface area contributed by atoms with E-state index < -0.39 is 23.9 Å². The minimum absolute atomic E-state index is 0.155. The van der Waals surface area contributed by atoms with Crippen molar-refractivity contribution in [3.8, 4) is 0 Å². The molecule has 1 heterocycles. The molecule has 2 atom stereocenters. The lowest BCUT2D eigenvalue weighted by atomic mass is 10.1. The number of pyridine rings is 1. The molecule has 2 aromatic rings. The van der Waals surface area contributed by atoms with E-state index in [1.54, 1.807) is 18.2 Å². The highest BCUT2D eigenvalue weighted by atomic mass is 35.5. The second kappa shape index (κ2) is 9.07. The molecule has 9 heteroatoms. The van der Waals surface area contributed by atoms with Crippen molar-refractivity contribution in [2.45, 2.75) is 39.0 Å². The van der Waals surface area contributed by atoms with Gasteiger partial charge in [-0.3, -0.25) is 9.59 Å². The summed E-state index contributed by atoms with van der Waals surface area (Å²) in [6.07, 6.45) is 0.553. The molecule has 1 aliphatic rings. The average molecular weight is 439 g/mol. The zero-order valence-corrected chi connectivity index (χ0v) is 17.4. The van der Waals surface area contributed by atoms with Crippen LogP contribution >= 0.6 is 23.2 Å². The van der Waals surface area contributed by atoms with Gasteiger partial charge in [0.2, 0.25) is 5.91 Å². The predicted octanol–water partition coefficient (Wildman–Crippen LogP) is 4.44. The van der Waals surface area contributed by atoms with Crippen LogP contribution in [0.3, 0.4) is 0 Å². The number of amides is 2. The molecular weight excluding hydrogens is 418 g/mol. The molecule has 0 radical (unpaired) electrons. The average Bonchev–Trinajstić information content (AvgIpc) is 3.36. The Labute approximate surface area is 178 Å². The van der Waals surface area contributed by atoms with Gasteiger partial charge in [0.1, 0.15) is 12.0 Å². The van der Waals surface area contributed by atoms with Crippen LogP contribution in [-0.4, -0.2) is 29.0 Å². The normalized spacial score (nSPS) is 17.9. The van der Waals surface area contributed by atoms with E-state index in [0.29, 0.717) is 18.3 Å². The fourth-order valence-corrected chi connectivity index (χ4v) is 3.39. The predicted molar refractivity (Wildman–Crippen MR) is 112 cm³/mol. The Balaban J connectivity index is 1.70. The molecular formula is C20H21Cl2FN4O2. The maximum Gasteiger partial charge on any atom is 0.258 e. The molecule has 1 aromatic heterocycles. The number of alkyl halides is 1. The van der Waals surface area contributed by atoms with Gasteiger partial charge in [0.15, 0.2) is 0 Å². The van der Waals surface area contributed by atoms with E-state index in [4.69, 9.17) is 23.2 Å². The monoisotopic (exact) mass is 438 g/mol. The maximum absolute atomic E-state index is 13.0. The van der Waals surface area contributed by atoms with Crippen LogP contribution in [0.5, 0.6) is 0 Å². The van der Waals surface area contributed by atoms with Gasteiger partial charge < -0.3 is 16.0 Å². The first-order valence-electron chi connectivity index (χ1n) is 9.18. The van der Waals surface area contributed by atoms with Crippen molar-refractivity contribution in [3.05, 3.63) is 51.6 Å². The van der Waals surface area contributed by atoms with Gasteiger partial charge >= 0.3 is 0 Å². The number of halogens is 3. The molecule has 0 bridgehead atoms. The van der Waals surface area contributed by atoms with Crippen LogP contribution in [0.2, 0.25) is 10.0 Å². The van der Waals surface area contributed by atoms with Crippen molar-refractivity contribution >= 4 is 46.5 Å². The van der Waals surface area contributed by atoms with E-state index in [1.807, 2.05) is 13.8 Å². The van der Waals surface area contributed by atoms with E-state index in [2.05, 4.69) is 20.9 Å². The fourth-order valence-electron chi connectivity index (χ4n) is 2.69. The quantitative estimate of drug-likeness (QED) is 0.596. The Bertz CT molecular complexity index is 915. The van der Waals surface area contributed by atoms with Crippen LogP contribution in [0.4, 0.5) is 15.9 Å². The molecule has 1 saturated carbocycles. The maximum atomic E-state index is 13.0. The van der Waals surface area contributed by atoms with Gasteiger partial charge in [-0.2, -0.15) is 0 Å². The third kappa shape index (κ3) is 5.65. The Morgan fingerprint density at radius 3 is 2.45 bits per heavy atom. The highest BCUT2D eigenvalue weighted by molar-refractivity contribution is 6.40. The third-order valence-electron chi connectivity index (χ3n) is 4.36. The molecule has 0 unspecified atom stereocenters. The standard InChI is InChI=1S/C20H21Cl2FN4O2/c1-10(2)25-9-11-5-14(21)18(15(22)6-11)20(29)26-12-3-4-24-17(7-12)27-19(28)13-8-16(13)23/h3-7,10,13,16,25H,8-9H2,1-2H3,(H2,24,26,27,28,29)/t13-,16+/m0/s1. The van der Waals surface area contributed by atoms with Crippen LogP contribution in [0, 0.1) is 5.92 Å². The number of hydrogen-bond acceptors (Lipinski definition) is 4. The molecule has 2 amide bonds. The highest BCUT2D eigenvalue weighted by Gasteiger charge is 2.43. The van der Waals surface area contributed by atoms with Crippen LogP contribution in [0.1, 0.15) is 36.2 Å². The van der Waals surface area contributed by atoms with Crippen LogP contribution in [0.15, 0.2) is 30.5 Å². The molecule has 1 aliphatic carbocycles. The number of nitrogens with zero attached hydrogens (tertiary/aromatic N) is 1. The lowest BCUT2D eigenvalue weighted by Gasteiger charge is -2.13. The molecule has 154 valence electrons. The number of hydrogen-bond donors (Lipinski definition) is 3. The van der Waals surface area contributed by atoms with Crippen molar-refractivity contribution in [2.24, 2.45) is 5.92 Å². The minimum atomic E-state index is -1.10. The Morgan fingerprint density at radius 2 is 1.86 bits per heavy atom. The minimum Gasteiger partial charge on any atom is -0.322 e. The summed E-state index contributed by atoms with van der Waals surface area (Å²) in [6, 6.07) is 6.73. The summed E-state index contributed by atoms with van der Waals surface area (Å²) < 4.78 is 13.0. The molecule has 29 heavy (non-hydrogen) atoms. The smallest absolute Gasteiger partial charge is 0.258 e. The molecule has 0 spiro atoms. The Hall–Kier alpha value is -2.22. The third-order valence-corrected chi connectivity index (χ3v) is 4.96. The van der Waals surface area contributed by atoms with Gasteiger partial charge in [-0.05, 0) is 30.2 Å². The first-order chi connectivity index (χ1) is 13.7. The number of anilines is 2. The number of nitrogens with one attached hydrogen (secondary N) is 3. The summed E-state index contributed by atoms with van der Waals surface area (Å²) in [5.41, 5.74) is 1.42. The van der Waals surface area contributed by atoms with Crippen LogP contribution in [0.25, 0.3) is 0 Å². The highest BCUT2D eigenvalue weighted by Crippen LogP contribution is 2.34. The van der Waals surface area contributed by atoms with Crippen molar-refractivity contribution in [1.82, 2.24) is 10.3 Å². The van der Waals surface area contributed by atoms with Gasteiger partial charge in [-0.1, -0.05) is 37.0 Å². The second-order valence-electron chi connectivity index (χ2n) is 7.20. The molecule has 0 aliphatic heterocycles. The van der Waals surface area contributed by atoms with Gasteiger partial charge in [0.05, 0.1) is 21.5 Å². The summed E-state index contributed by atoms with van der Waals surface area (Å²) in [4.78, 5) is 28.5. The Morgan fingerprint density at radius 1 is 1.21 bits per heavy atom. The Kier molecular flexibility index (Phi) is 6.72. The largest absolute Gasteiger partial charge is 0.322 e. The summed E-state index contributed by atoms with van der Waals surface area (Å²) in [7, 11) is 0. The molecule has 3 rings (SSSR count). The van der Waals surface area contributed by atoms with Crippen molar-refractivity contribution in [3.63, 3.8) is 0 Å². The van der Waals surface area contributed by atoms with Crippen molar-refractivity contribution < 1.29 is 14.0 Å². The summed E-state index contributed by atoms with van der Waals surface area (Å²) >= 11 is 12.6.